The van der Waals surface area contributed by atoms with Gasteiger partial charge in [0, 0.05) is 18.3 Å². The average molecular weight is 342 g/mol. The minimum atomic E-state index is -0.0953. The molecule has 0 saturated carbocycles. The Morgan fingerprint density at radius 2 is 1.60 bits per heavy atom. The van der Waals surface area contributed by atoms with E-state index in [4.69, 9.17) is 18.9 Å². The molecule has 130 valence electrons. The van der Waals surface area contributed by atoms with Gasteiger partial charge in [-0.2, -0.15) is 0 Å². The molecule has 25 heavy (non-hydrogen) atoms. The zero-order valence-electron chi connectivity index (χ0n) is 13.8. The highest BCUT2D eigenvalue weighted by molar-refractivity contribution is 5.92. The van der Waals surface area contributed by atoms with Crippen molar-refractivity contribution < 1.29 is 23.7 Å². The topological polar surface area (TPSA) is 69.3 Å². The van der Waals surface area contributed by atoms with Gasteiger partial charge in [-0.15, -0.1) is 0 Å². The van der Waals surface area contributed by atoms with Crippen molar-refractivity contribution in [2.75, 3.05) is 32.5 Å². The Hall–Kier alpha value is -2.93. The minimum Gasteiger partial charge on any atom is -0.454 e. The van der Waals surface area contributed by atoms with Crippen LogP contribution >= 0.6 is 0 Å². The zero-order chi connectivity index (χ0) is 17.2. The maximum atomic E-state index is 12.2. The van der Waals surface area contributed by atoms with Crippen LogP contribution in [0.15, 0.2) is 36.4 Å². The van der Waals surface area contributed by atoms with Crippen LogP contribution < -0.4 is 24.3 Å². The standard InChI is InChI=1S/C18H18N2O5/c1-20(8-12-2-4-14-16(6-12)24-10-22-14)9-18(21)19-13-3-5-15-17(7-13)25-11-23-15/h2-7H,8-11H2,1H3,(H,19,21). The Labute approximate surface area is 145 Å². The van der Waals surface area contributed by atoms with E-state index in [1.54, 1.807) is 18.2 Å². The van der Waals surface area contributed by atoms with Gasteiger partial charge >= 0.3 is 0 Å². The number of hydrogen-bond acceptors (Lipinski definition) is 6. The monoisotopic (exact) mass is 342 g/mol. The first kappa shape index (κ1) is 15.6. The molecule has 1 amide bonds. The molecule has 0 unspecified atom stereocenters. The van der Waals surface area contributed by atoms with Crippen LogP contribution in [0.1, 0.15) is 5.56 Å². The molecule has 2 aliphatic rings. The number of ether oxygens (including phenoxy) is 4. The van der Waals surface area contributed by atoms with Crippen LogP contribution in [0.3, 0.4) is 0 Å². The van der Waals surface area contributed by atoms with Crippen LogP contribution in [0.25, 0.3) is 0 Å². The number of nitrogens with one attached hydrogen (secondary N) is 1. The number of fused-ring (bicyclic) bond motifs is 2. The van der Waals surface area contributed by atoms with Gasteiger partial charge in [0.25, 0.3) is 0 Å². The molecule has 0 bridgehead atoms. The van der Waals surface area contributed by atoms with Crippen LogP contribution in [-0.4, -0.2) is 38.0 Å². The Morgan fingerprint density at radius 1 is 0.960 bits per heavy atom. The van der Waals surface area contributed by atoms with E-state index in [1.165, 1.54) is 0 Å². The number of likely N-dealkylation sites (N-methyl/N-ethyl adjacent to an activating group) is 1. The van der Waals surface area contributed by atoms with Crippen molar-refractivity contribution in [2.24, 2.45) is 0 Å². The molecule has 2 aliphatic heterocycles. The Bertz CT molecular complexity index is 808. The number of hydrogen-bond donors (Lipinski definition) is 1. The van der Waals surface area contributed by atoms with Crippen molar-refractivity contribution in [2.45, 2.75) is 6.54 Å². The molecular formula is C18H18N2O5. The van der Waals surface area contributed by atoms with Gasteiger partial charge in [-0.3, -0.25) is 9.69 Å². The molecule has 7 nitrogen and oxygen atoms in total. The van der Waals surface area contributed by atoms with Gasteiger partial charge < -0.3 is 24.3 Å². The van der Waals surface area contributed by atoms with Crippen molar-refractivity contribution >= 4 is 11.6 Å². The highest BCUT2D eigenvalue weighted by Crippen LogP contribution is 2.34. The minimum absolute atomic E-state index is 0.0953. The zero-order valence-corrected chi connectivity index (χ0v) is 13.8. The summed E-state index contributed by atoms with van der Waals surface area (Å²) >= 11 is 0. The maximum Gasteiger partial charge on any atom is 0.238 e. The summed E-state index contributed by atoms with van der Waals surface area (Å²) in [5.74, 6) is 2.74. The largest absolute Gasteiger partial charge is 0.454 e. The number of benzene rings is 2. The quantitative estimate of drug-likeness (QED) is 0.898. The fourth-order valence-corrected chi connectivity index (χ4v) is 2.83. The molecule has 2 aromatic carbocycles. The molecular weight excluding hydrogens is 324 g/mol. The number of carbonyl (C=O) groups excluding carboxylic acids is 1. The molecule has 0 fully saturated rings. The Balaban J connectivity index is 1.33. The van der Waals surface area contributed by atoms with Gasteiger partial charge in [-0.05, 0) is 36.9 Å². The van der Waals surface area contributed by atoms with E-state index in [2.05, 4.69) is 5.32 Å². The molecule has 7 heteroatoms. The smallest absolute Gasteiger partial charge is 0.238 e. The summed E-state index contributed by atoms with van der Waals surface area (Å²) < 4.78 is 21.2. The molecule has 4 rings (SSSR count). The fourth-order valence-electron chi connectivity index (χ4n) is 2.83. The molecule has 2 heterocycles. The number of nitrogens with zero attached hydrogens (tertiary/aromatic N) is 1. The third-order valence-corrected chi connectivity index (χ3v) is 3.96. The van der Waals surface area contributed by atoms with E-state index in [-0.39, 0.29) is 26.0 Å². The SMILES string of the molecule is CN(CC(=O)Nc1ccc2c(c1)OCO2)Cc1ccc2c(c1)OCO2. The molecule has 0 spiro atoms. The molecule has 2 aromatic rings. The van der Waals surface area contributed by atoms with Crippen molar-refractivity contribution in [3.63, 3.8) is 0 Å². The van der Waals surface area contributed by atoms with Gasteiger partial charge in [0.1, 0.15) is 0 Å². The van der Waals surface area contributed by atoms with E-state index < -0.39 is 0 Å². The Morgan fingerprint density at radius 3 is 2.36 bits per heavy atom. The first-order chi connectivity index (χ1) is 12.2. The van der Waals surface area contributed by atoms with Crippen LogP contribution in [0.4, 0.5) is 5.69 Å². The second-order valence-corrected chi connectivity index (χ2v) is 5.98. The maximum absolute atomic E-state index is 12.2. The van der Waals surface area contributed by atoms with Crippen molar-refractivity contribution in [3.8, 4) is 23.0 Å². The van der Waals surface area contributed by atoms with E-state index in [1.807, 2.05) is 30.1 Å². The van der Waals surface area contributed by atoms with Crippen molar-refractivity contribution in [3.05, 3.63) is 42.0 Å². The highest BCUT2D eigenvalue weighted by atomic mass is 16.7. The highest BCUT2D eigenvalue weighted by Gasteiger charge is 2.16. The summed E-state index contributed by atoms with van der Waals surface area (Å²) in [5.41, 5.74) is 1.74. The van der Waals surface area contributed by atoms with Crippen LogP contribution in [0, 0.1) is 0 Å². The second kappa shape index (κ2) is 6.52. The first-order valence-corrected chi connectivity index (χ1v) is 7.94. The average Bonchev–Trinajstić information content (AvgIpc) is 3.22. The van der Waals surface area contributed by atoms with Crippen molar-refractivity contribution in [1.29, 1.82) is 0 Å². The van der Waals surface area contributed by atoms with Crippen LogP contribution in [0.2, 0.25) is 0 Å². The molecule has 0 aromatic heterocycles. The summed E-state index contributed by atoms with van der Waals surface area (Å²) in [5, 5.41) is 2.87. The lowest BCUT2D eigenvalue weighted by molar-refractivity contribution is -0.117. The van der Waals surface area contributed by atoms with Gasteiger partial charge in [0.15, 0.2) is 23.0 Å². The van der Waals surface area contributed by atoms with E-state index in [0.29, 0.717) is 23.7 Å². The van der Waals surface area contributed by atoms with Crippen LogP contribution in [0.5, 0.6) is 23.0 Å². The summed E-state index contributed by atoms with van der Waals surface area (Å²) in [6.07, 6.45) is 0. The molecule has 0 aliphatic carbocycles. The fraction of sp³-hybridized carbons (Fsp3) is 0.278. The van der Waals surface area contributed by atoms with Gasteiger partial charge in [0.05, 0.1) is 6.54 Å². The lowest BCUT2D eigenvalue weighted by Gasteiger charge is -2.16. The summed E-state index contributed by atoms with van der Waals surface area (Å²) in [6.45, 7) is 1.37. The van der Waals surface area contributed by atoms with Gasteiger partial charge in [-0.25, -0.2) is 0 Å². The predicted octanol–water partition coefficient (Wildman–Crippen LogP) is 2.21. The summed E-state index contributed by atoms with van der Waals surface area (Å²) in [6, 6.07) is 11.1. The molecule has 1 N–H and O–H groups in total. The van der Waals surface area contributed by atoms with Crippen LogP contribution in [-0.2, 0) is 11.3 Å². The van der Waals surface area contributed by atoms with Crippen molar-refractivity contribution in [1.82, 2.24) is 4.90 Å². The van der Waals surface area contributed by atoms with E-state index in [0.717, 1.165) is 17.1 Å². The predicted molar refractivity (Wildman–Crippen MR) is 90.1 cm³/mol. The lowest BCUT2D eigenvalue weighted by atomic mass is 10.2. The third kappa shape index (κ3) is 3.46. The number of rotatable bonds is 5. The molecule has 0 radical (unpaired) electrons. The number of carbonyl (C=O) groups is 1. The molecule has 0 saturated heterocycles. The second-order valence-electron chi connectivity index (χ2n) is 5.98. The molecule has 0 atom stereocenters. The van der Waals surface area contributed by atoms with E-state index in [9.17, 15) is 4.79 Å². The lowest BCUT2D eigenvalue weighted by Crippen LogP contribution is -2.29. The summed E-state index contributed by atoms with van der Waals surface area (Å²) in [4.78, 5) is 14.2. The number of anilines is 1. The first-order valence-electron chi connectivity index (χ1n) is 7.94. The third-order valence-electron chi connectivity index (χ3n) is 3.96. The summed E-state index contributed by atoms with van der Waals surface area (Å²) in [7, 11) is 1.89. The number of amides is 1. The van der Waals surface area contributed by atoms with E-state index >= 15 is 0 Å². The normalized spacial score (nSPS) is 14.0. The Kier molecular flexibility index (Phi) is 4.07. The van der Waals surface area contributed by atoms with Gasteiger partial charge in [0.2, 0.25) is 19.5 Å². The van der Waals surface area contributed by atoms with Gasteiger partial charge in [-0.1, -0.05) is 6.07 Å².